The highest BCUT2D eigenvalue weighted by molar-refractivity contribution is 5.59. The highest BCUT2D eigenvalue weighted by Gasteiger charge is 2.32. The van der Waals surface area contributed by atoms with E-state index in [0.717, 1.165) is 11.1 Å². The molecule has 1 aliphatic heterocycles. The number of ether oxygens (including phenoxy) is 5. The van der Waals surface area contributed by atoms with Crippen molar-refractivity contribution in [3.8, 4) is 23.0 Å². The molecule has 0 radical (unpaired) electrons. The van der Waals surface area contributed by atoms with E-state index in [1.165, 1.54) is 20.3 Å². The summed E-state index contributed by atoms with van der Waals surface area (Å²) >= 11 is 0. The molecular formula is C19H21NO7. The van der Waals surface area contributed by atoms with Gasteiger partial charge in [0.1, 0.15) is 6.10 Å². The van der Waals surface area contributed by atoms with Crippen molar-refractivity contribution in [1.29, 1.82) is 0 Å². The van der Waals surface area contributed by atoms with Gasteiger partial charge < -0.3 is 23.7 Å². The van der Waals surface area contributed by atoms with Gasteiger partial charge in [-0.05, 0) is 35.7 Å². The average Bonchev–Trinajstić information content (AvgIpc) is 2.70. The molecule has 0 aromatic heterocycles. The zero-order chi connectivity index (χ0) is 19.6. The first-order chi connectivity index (χ1) is 13.0. The average molecular weight is 375 g/mol. The molecule has 1 heterocycles. The molecule has 0 fully saturated rings. The fourth-order valence-electron chi connectivity index (χ4n) is 3.28. The van der Waals surface area contributed by atoms with Crippen molar-refractivity contribution >= 4 is 5.69 Å². The zero-order valence-corrected chi connectivity index (χ0v) is 15.6. The van der Waals surface area contributed by atoms with Gasteiger partial charge in [-0.1, -0.05) is 0 Å². The number of benzene rings is 2. The molecule has 0 saturated heterocycles. The van der Waals surface area contributed by atoms with Gasteiger partial charge in [-0.2, -0.15) is 0 Å². The Morgan fingerprint density at radius 2 is 1.41 bits per heavy atom. The van der Waals surface area contributed by atoms with Crippen molar-refractivity contribution in [2.24, 2.45) is 0 Å². The van der Waals surface area contributed by atoms with Crippen LogP contribution in [0.25, 0.3) is 0 Å². The Labute approximate surface area is 156 Å². The van der Waals surface area contributed by atoms with Crippen molar-refractivity contribution < 1.29 is 28.6 Å². The number of nitro benzene ring substituents is 1. The lowest BCUT2D eigenvalue weighted by atomic mass is 9.91. The molecule has 2 aromatic rings. The summed E-state index contributed by atoms with van der Waals surface area (Å²) in [7, 11) is 6.03. The molecule has 0 bridgehead atoms. The van der Waals surface area contributed by atoms with Gasteiger partial charge in [-0.15, -0.1) is 0 Å². The van der Waals surface area contributed by atoms with Crippen LogP contribution in [0.5, 0.6) is 23.0 Å². The van der Waals surface area contributed by atoms with E-state index < -0.39 is 11.0 Å². The summed E-state index contributed by atoms with van der Waals surface area (Å²) in [6.45, 7) is 0.429. The van der Waals surface area contributed by atoms with Crippen LogP contribution >= 0.6 is 0 Å². The van der Waals surface area contributed by atoms with Gasteiger partial charge in [0, 0.05) is 0 Å². The third-order valence-corrected chi connectivity index (χ3v) is 4.60. The number of rotatable bonds is 6. The molecule has 0 amide bonds. The lowest BCUT2D eigenvalue weighted by Gasteiger charge is -2.28. The molecule has 1 aliphatic rings. The first kappa shape index (κ1) is 18.8. The number of methoxy groups -OCH3 is 4. The molecule has 0 N–H and O–H groups in total. The van der Waals surface area contributed by atoms with E-state index in [1.54, 1.807) is 26.4 Å². The normalized spacial score (nSPS) is 15.6. The molecule has 1 atom stereocenters. The Balaban J connectivity index is 2.20. The molecule has 3 rings (SSSR count). The maximum absolute atomic E-state index is 11.7. The van der Waals surface area contributed by atoms with Crippen LogP contribution in [-0.4, -0.2) is 40.0 Å². The second-order valence-corrected chi connectivity index (χ2v) is 5.93. The van der Waals surface area contributed by atoms with Crippen LogP contribution < -0.4 is 18.9 Å². The minimum absolute atomic E-state index is 0.0970. The molecule has 27 heavy (non-hydrogen) atoms. The summed E-state index contributed by atoms with van der Waals surface area (Å²) in [6, 6.07) is 6.63. The second-order valence-electron chi connectivity index (χ2n) is 5.93. The Bertz CT molecular complexity index is 866. The maximum Gasteiger partial charge on any atom is 0.279 e. The summed E-state index contributed by atoms with van der Waals surface area (Å²) in [5, 5.41) is 11.7. The van der Waals surface area contributed by atoms with Crippen molar-refractivity contribution in [2.45, 2.75) is 12.5 Å². The van der Waals surface area contributed by atoms with Crippen LogP contribution in [0, 0.1) is 10.1 Å². The van der Waals surface area contributed by atoms with E-state index in [9.17, 15) is 10.1 Å². The van der Waals surface area contributed by atoms with Crippen LogP contribution in [0.4, 0.5) is 5.69 Å². The van der Waals surface area contributed by atoms with E-state index in [2.05, 4.69) is 0 Å². The number of hydrogen-bond acceptors (Lipinski definition) is 7. The number of fused-ring (bicyclic) bond motifs is 1. The molecule has 0 aliphatic carbocycles. The molecule has 0 spiro atoms. The SMILES string of the molecule is COc1cc2c(cc1OC)[C@@H](c1cc(OC)c(OC)cc1[N+](=O)[O-])OCC2. The largest absolute Gasteiger partial charge is 0.493 e. The van der Waals surface area contributed by atoms with Crippen molar-refractivity contribution in [1.82, 2.24) is 0 Å². The fourth-order valence-corrected chi connectivity index (χ4v) is 3.28. The van der Waals surface area contributed by atoms with Gasteiger partial charge in [-0.25, -0.2) is 0 Å². The minimum atomic E-state index is -0.631. The van der Waals surface area contributed by atoms with E-state index in [-0.39, 0.29) is 11.4 Å². The highest BCUT2D eigenvalue weighted by Crippen LogP contribution is 2.45. The van der Waals surface area contributed by atoms with Gasteiger partial charge in [0.2, 0.25) is 0 Å². The van der Waals surface area contributed by atoms with Crippen LogP contribution in [0.1, 0.15) is 22.8 Å². The lowest BCUT2D eigenvalue weighted by molar-refractivity contribution is -0.386. The molecule has 8 nitrogen and oxygen atoms in total. The molecule has 144 valence electrons. The maximum atomic E-state index is 11.7. The first-order valence-electron chi connectivity index (χ1n) is 8.30. The van der Waals surface area contributed by atoms with Crippen molar-refractivity contribution in [3.63, 3.8) is 0 Å². The van der Waals surface area contributed by atoms with E-state index in [4.69, 9.17) is 23.7 Å². The van der Waals surface area contributed by atoms with Crippen molar-refractivity contribution in [3.05, 3.63) is 51.1 Å². The summed E-state index contributed by atoms with van der Waals surface area (Å²) in [6.07, 6.45) is 0.0431. The summed E-state index contributed by atoms with van der Waals surface area (Å²) in [5.74, 6) is 1.83. The summed E-state index contributed by atoms with van der Waals surface area (Å²) in [4.78, 5) is 11.2. The predicted octanol–water partition coefficient (Wildman–Crippen LogP) is 3.29. The third kappa shape index (κ3) is 3.35. The Kier molecular flexibility index (Phi) is 5.36. The van der Waals surface area contributed by atoms with Crippen LogP contribution in [0.15, 0.2) is 24.3 Å². The Morgan fingerprint density at radius 1 is 0.889 bits per heavy atom. The molecule has 8 heteroatoms. The van der Waals surface area contributed by atoms with Gasteiger partial charge in [0.05, 0.1) is 51.6 Å². The van der Waals surface area contributed by atoms with E-state index in [0.29, 0.717) is 35.8 Å². The fraction of sp³-hybridized carbons (Fsp3) is 0.368. The molecule has 0 saturated carbocycles. The third-order valence-electron chi connectivity index (χ3n) is 4.60. The monoisotopic (exact) mass is 375 g/mol. The van der Waals surface area contributed by atoms with Crippen LogP contribution in [0.3, 0.4) is 0 Å². The van der Waals surface area contributed by atoms with Gasteiger partial charge >= 0.3 is 0 Å². The van der Waals surface area contributed by atoms with Crippen LogP contribution in [-0.2, 0) is 11.2 Å². The smallest absolute Gasteiger partial charge is 0.279 e. The summed E-state index contributed by atoms with van der Waals surface area (Å²) in [5.41, 5.74) is 2.09. The zero-order valence-electron chi connectivity index (χ0n) is 15.6. The standard InChI is InChI=1S/C19H21NO7/c1-23-15-7-11-5-6-27-19(12(11)8-16(15)24-2)13-9-17(25-3)18(26-4)10-14(13)20(21)22/h7-10,19H,5-6H2,1-4H3/t19-/m0/s1. The molecule has 2 aromatic carbocycles. The van der Waals surface area contributed by atoms with E-state index in [1.807, 2.05) is 6.07 Å². The first-order valence-corrected chi connectivity index (χ1v) is 8.30. The van der Waals surface area contributed by atoms with E-state index >= 15 is 0 Å². The number of nitrogens with zero attached hydrogens (tertiary/aromatic N) is 1. The second kappa shape index (κ2) is 7.71. The van der Waals surface area contributed by atoms with Gasteiger partial charge in [0.15, 0.2) is 23.0 Å². The lowest BCUT2D eigenvalue weighted by Crippen LogP contribution is -2.19. The topological polar surface area (TPSA) is 89.3 Å². The van der Waals surface area contributed by atoms with Gasteiger partial charge in [-0.3, -0.25) is 10.1 Å². The molecule has 0 unspecified atom stereocenters. The number of hydrogen-bond donors (Lipinski definition) is 0. The molecular weight excluding hydrogens is 354 g/mol. The Morgan fingerprint density at radius 3 is 1.96 bits per heavy atom. The quantitative estimate of drug-likeness (QED) is 0.565. The summed E-state index contributed by atoms with van der Waals surface area (Å²) < 4.78 is 27.2. The predicted molar refractivity (Wildman–Crippen MR) is 97.2 cm³/mol. The van der Waals surface area contributed by atoms with Gasteiger partial charge in [0.25, 0.3) is 5.69 Å². The van der Waals surface area contributed by atoms with Crippen LogP contribution in [0.2, 0.25) is 0 Å². The minimum Gasteiger partial charge on any atom is -0.493 e. The number of nitro groups is 1. The Hall–Kier alpha value is -3.00. The van der Waals surface area contributed by atoms with Crippen molar-refractivity contribution in [2.75, 3.05) is 35.0 Å². The highest BCUT2D eigenvalue weighted by atomic mass is 16.6.